The molecule has 1 aromatic rings. The van der Waals surface area contributed by atoms with Crippen LogP contribution >= 0.6 is 0 Å². The SMILES string of the molecule is CC(C)CS(=O)(=O)CC(=O)N[C@H](C(=O)O)c1ccccc1. The van der Waals surface area contributed by atoms with Crippen molar-refractivity contribution in [3.05, 3.63) is 35.9 Å². The Labute approximate surface area is 124 Å². The normalized spacial score (nSPS) is 12.9. The molecule has 0 fully saturated rings. The number of carboxylic acid groups (broad SMARTS) is 1. The van der Waals surface area contributed by atoms with E-state index in [0.29, 0.717) is 5.56 Å². The van der Waals surface area contributed by atoms with Gasteiger partial charge in [0.1, 0.15) is 5.75 Å². The standard InChI is InChI=1S/C14H19NO5S/c1-10(2)8-21(19,20)9-12(16)15-13(14(17)18)11-6-4-3-5-7-11/h3-7,10,13H,8-9H2,1-2H3,(H,15,16)(H,17,18)/t13-/m0/s1. The number of hydrogen-bond donors (Lipinski definition) is 2. The molecule has 0 unspecified atom stereocenters. The second-order valence-electron chi connectivity index (χ2n) is 5.20. The van der Waals surface area contributed by atoms with Crippen molar-refractivity contribution in [1.82, 2.24) is 5.32 Å². The lowest BCUT2D eigenvalue weighted by atomic mass is 10.1. The highest BCUT2D eigenvalue weighted by atomic mass is 32.2. The first-order chi connectivity index (χ1) is 9.71. The maximum Gasteiger partial charge on any atom is 0.330 e. The number of benzene rings is 1. The molecule has 116 valence electrons. The van der Waals surface area contributed by atoms with Gasteiger partial charge in [-0.2, -0.15) is 0 Å². The lowest BCUT2D eigenvalue weighted by Crippen LogP contribution is -2.38. The van der Waals surface area contributed by atoms with Crippen LogP contribution in [-0.2, 0) is 19.4 Å². The van der Waals surface area contributed by atoms with Gasteiger partial charge in [0.05, 0.1) is 5.75 Å². The number of aliphatic carboxylic acids is 1. The molecule has 0 saturated heterocycles. The molecule has 0 radical (unpaired) electrons. The predicted octanol–water partition coefficient (Wildman–Crippen LogP) is 0.999. The van der Waals surface area contributed by atoms with Crippen molar-refractivity contribution in [3.8, 4) is 0 Å². The zero-order valence-corrected chi connectivity index (χ0v) is 12.8. The fourth-order valence-electron chi connectivity index (χ4n) is 1.90. The van der Waals surface area contributed by atoms with E-state index in [4.69, 9.17) is 5.11 Å². The molecule has 0 aromatic heterocycles. The smallest absolute Gasteiger partial charge is 0.330 e. The maximum atomic E-state index is 11.8. The van der Waals surface area contributed by atoms with Crippen molar-refractivity contribution in [2.24, 2.45) is 5.92 Å². The molecule has 0 bridgehead atoms. The van der Waals surface area contributed by atoms with Crippen molar-refractivity contribution in [1.29, 1.82) is 0 Å². The third-order valence-electron chi connectivity index (χ3n) is 2.62. The number of nitrogens with one attached hydrogen (secondary N) is 1. The maximum absolute atomic E-state index is 11.8. The van der Waals surface area contributed by atoms with Gasteiger partial charge in [-0.05, 0) is 11.5 Å². The molecule has 1 atom stereocenters. The molecule has 7 heteroatoms. The van der Waals surface area contributed by atoms with Crippen LogP contribution in [0.2, 0.25) is 0 Å². The van der Waals surface area contributed by atoms with E-state index in [1.165, 1.54) is 0 Å². The zero-order valence-electron chi connectivity index (χ0n) is 11.9. The summed E-state index contributed by atoms with van der Waals surface area (Å²) < 4.78 is 23.5. The number of carbonyl (C=O) groups excluding carboxylic acids is 1. The van der Waals surface area contributed by atoms with E-state index < -0.39 is 33.5 Å². The van der Waals surface area contributed by atoms with Crippen LogP contribution in [0.25, 0.3) is 0 Å². The first-order valence-electron chi connectivity index (χ1n) is 6.49. The Kier molecular flexibility index (Phi) is 5.90. The highest BCUT2D eigenvalue weighted by Crippen LogP contribution is 2.12. The van der Waals surface area contributed by atoms with Gasteiger partial charge in [0, 0.05) is 0 Å². The summed E-state index contributed by atoms with van der Waals surface area (Å²) in [6.45, 7) is 3.47. The van der Waals surface area contributed by atoms with Crippen molar-refractivity contribution in [3.63, 3.8) is 0 Å². The minimum Gasteiger partial charge on any atom is -0.479 e. The summed E-state index contributed by atoms with van der Waals surface area (Å²) in [4.78, 5) is 23.0. The number of amides is 1. The van der Waals surface area contributed by atoms with Crippen LogP contribution in [0.3, 0.4) is 0 Å². The van der Waals surface area contributed by atoms with Crippen LogP contribution < -0.4 is 5.32 Å². The van der Waals surface area contributed by atoms with E-state index in [2.05, 4.69) is 5.32 Å². The summed E-state index contributed by atoms with van der Waals surface area (Å²) >= 11 is 0. The van der Waals surface area contributed by atoms with Crippen LogP contribution in [0.15, 0.2) is 30.3 Å². The number of rotatable bonds is 7. The summed E-state index contributed by atoms with van der Waals surface area (Å²) in [5.74, 6) is -2.96. The Hall–Kier alpha value is -1.89. The lowest BCUT2D eigenvalue weighted by Gasteiger charge is -2.15. The van der Waals surface area contributed by atoms with Gasteiger partial charge in [-0.25, -0.2) is 13.2 Å². The largest absolute Gasteiger partial charge is 0.479 e. The predicted molar refractivity (Wildman–Crippen MR) is 78.5 cm³/mol. The fourth-order valence-corrected chi connectivity index (χ4v) is 3.52. The molecule has 6 nitrogen and oxygen atoms in total. The van der Waals surface area contributed by atoms with Crippen LogP contribution in [0.1, 0.15) is 25.5 Å². The van der Waals surface area contributed by atoms with Crippen LogP contribution in [0, 0.1) is 5.92 Å². The quantitative estimate of drug-likeness (QED) is 0.782. The minimum absolute atomic E-state index is 0.0906. The summed E-state index contributed by atoms with van der Waals surface area (Å²) in [5, 5.41) is 11.4. The topological polar surface area (TPSA) is 101 Å². The zero-order chi connectivity index (χ0) is 16.0. The van der Waals surface area contributed by atoms with Gasteiger partial charge in [-0.1, -0.05) is 44.2 Å². The van der Waals surface area contributed by atoms with Crippen LogP contribution in [-0.4, -0.2) is 36.9 Å². The first kappa shape index (κ1) is 17.2. The fraction of sp³-hybridized carbons (Fsp3) is 0.429. The highest BCUT2D eigenvalue weighted by Gasteiger charge is 2.25. The molecule has 1 amide bonds. The molecule has 0 aliphatic rings. The van der Waals surface area contributed by atoms with Gasteiger partial charge in [-0.15, -0.1) is 0 Å². The van der Waals surface area contributed by atoms with E-state index in [-0.39, 0.29) is 11.7 Å². The number of carboxylic acids is 1. The van der Waals surface area contributed by atoms with Crippen molar-refractivity contribution in [2.45, 2.75) is 19.9 Å². The van der Waals surface area contributed by atoms with E-state index >= 15 is 0 Å². The Bertz CT molecular complexity index is 595. The van der Waals surface area contributed by atoms with E-state index in [0.717, 1.165) is 0 Å². The summed E-state index contributed by atoms with van der Waals surface area (Å²) in [5.41, 5.74) is 0.389. The molecule has 1 rings (SSSR count). The van der Waals surface area contributed by atoms with Gasteiger partial charge in [0.2, 0.25) is 5.91 Å². The van der Waals surface area contributed by atoms with Crippen molar-refractivity contribution >= 4 is 21.7 Å². The molecule has 0 spiro atoms. The Morgan fingerprint density at radius 2 is 1.76 bits per heavy atom. The first-order valence-corrected chi connectivity index (χ1v) is 8.31. The molecule has 2 N–H and O–H groups in total. The molecular weight excluding hydrogens is 294 g/mol. The van der Waals surface area contributed by atoms with Crippen molar-refractivity contribution < 1.29 is 23.1 Å². The van der Waals surface area contributed by atoms with Gasteiger partial charge < -0.3 is 10.4 Å². The van der Waals surface area contributed by atoms with Gasteiger partial charge >= 0.3 is 5.97 Å². The number of hydrogen-bond acceptors (Lipinski definition) is 4. The van der Waals surface area contributed by atoms with Gasteiger partial charge in [-0.3, -0.25) is 4.79 Å². The summed E-state index contributed by atoms with van der Waals surface area (Å²) in [6.07, 6.45) is 0. The van der Waals surface area contributed by atoms with E-state index in [1.807, 2.05) is 0 Å². The monoisotopic (exact) mass is 313 g/mol. The molecule has 21 heavy (non-hydrogen) atoms. The number of carbonyl (C=O) groups is 2. The average molecular weight is 313 g/mol. The average Bonchev–Trinajstić information content (AvgIpc) is 2.34. The van der Waals surface area contributed by atoms with Crippen molar-refractivity contribution in [2.75, 3.05) is 11.5 Å². The second-order valence-corrected chi connectivity index (χ2v) is 7.31. The minimum atomic E-state index is -3.54. The molecular formula is C14H19NO5S. The Morgan fingerprint density at radius 3 is 2.24 bits per heavy atom. The second kappa shape index (κ2) is 7.21. The summed E-state index contributed by atoms with van der Waals surface area (Å²) in [6, 6.07) is 6.87. The van der Waals surface area contributed by atoms with E-state index in [1.54, 1.807) is 44.2 Å². The number of sulfone groups is 1. The van der Waals surface area contributed by atoms with Gasteiger partial charge in [0.15, 0.2) is 15.9 Å². The van der Waals surface area contributed by atoms with E-state index in [9.17, 15) is 18.0 Å². The molecule has 1 aromatic carbocycles. The molecule has 0 saturated carbocycles. The Balaban J connectivity index is 2.77. The lowest BCUT2D eigenvalue weighted by molar-refractivity contribution is -0.141. The van der Waals surface area contributed by atoms with Gasteiger partial charge in [0.25, 0.3) is 0 Å². The third kappa shape index (κ3) is 5.95. The summed E-state index contributed by atoms with van der Waals surface area (Å²) in [7, 11) is -3.54. The highest BCUT2D eigenvalue weighted by molar-refractivity contribution is 7.92. The third-order valence-corrected chi connectivity index (χ3v) is 4.50. The molecule has 0 aliphatic carbocycles. The Morgan fingerprint density at radius 1 is 1.19 bits per heavy atom. The molecule has 0 heterocycles. The van der Waals surface area contributed by atoms with Crippen LogP contribution in [0.5, 0.6) is 0 Å². The van der Waals surface area contributed by atoms with Crippen LogP contribution in [0.4, 0.5) is 0 Å². The molecule has 0 aliphatic heterocycles.